The van der Waals surface area contributed by atoms with Crippen LogP contribution in [0.2, 0.25) is 0 Å². The third-order valence-corrected chi connectivity index (χ3v) is 18.3. The molecular formula is C80H149N2O6P. The Balaban J connectivity index is 4.00. The molecule has 0 aromatic carbocycles. The van der Waals surface area contributed by atoms with Crippen molar-refractivity contribution in [3.8, 4) is 0 Å². The molecule has 0 radical (unpaired) electrons. The van der Waals surface area contributed by atoms with Crippen LogP contribution in [0.5, 0.6) is 0 Å². The van der Waals surface area contributed by atoms with Crippen LogP contribution >= 0.6 is 7.82 Å². The summed E-state index contributed by atoms with van der Waals surface area (Å²) in [5, 5.41) is 14.0. The second-order valence-corrected chi connectivity index (χ2v) is 28.7. The maximum atomic E-state index is 13.1. The summed E-state index contributed by atoms with van der Waals surface area (Å²) >= 11 is 0. The van der Waals surface area contributed by atoms with E-state index in [2.05, 4.69) is 92.1 Å². The number of aliphatic hydroxyl groups is 1. The number of nitrogens with one attached hydrogen (secondary N) is 1. The molecule has 0 aromatic rings. The van der Waals surface area contributed by atoms with Gasteiger partial charge >= 0.3 is 0 Å². The number of likely N-dealkylation sites (N-methyl/N-ethyl adjacent to an activating group) is 1. The quantitative estimate of drug-likeness (QED) is 0.0272. The van der Waals surface area contributed by atoms with Crippen molar-refractivity contribution < 1.29 is 32.9 Å². The van der Waals surface area contributed by atoms with E-state index in [0.29, 0.717) is 17.4 Å². The monoisotopic (exact) mass is 1270 g/mol. The molecule has 2 N–H and O–H groups in total. The lowest BCUT2D eigenvalue weighted by molar-refractivity contribution is -0.870. The molecule has 9 heteroatoms. The molecule has 520 valence electrons. The van der Waals surface area contributed by atoms with Crippen molar-refractivity contribution in [2.45, 2.75) is 379 Å². The van der Waals surface area contributed by atoms with Crippen molar-refractivity contribution in [1.82, 2.24) is 5.32 Å². The fourth-order valence-corrected chi connectivity index (χ4v) is 12.1. The second kappa shape index (κ2) is 70.0. The number of quaternary nitrogens is 1. The number of allylic oxidation sites excluding steroid dienone is 13. The first kappa shape index (κ1) is 86.7. The molecule has 0 aliphatic rings. The zero-order valence-electron chi connectivity index (χ0n) is 59.6. The molecule has 0 spiro atoms. The number of phosphoric acid groups is 1. The molecule has 0 bridgehead atoms. The van der Waals surface area contributed by atoms with E-state index in [4.69, 9.17) is 9.05 Å². The lowest BCUT2D eigenvalue weighted by Gasteiger charge is -2.29. The average Bonchev–Trinajstić information content (AvgIpc) is 3.55. The van der Waals surface area contributed by atoms with Crippen molar-refractivity contribution in [3.05, 3.63) is 85.1 Å². The SMILES string of the molecule is CC/C=C\C/C=C\C/C=C\C/C=C\CCCCCCCCCCCCCCCCCCCCCCCCCCCCC(=O)NC(COP(=O)([O-])OCC[N+](C)(C)C)C(O)/C=C/CC/C=C/CC/C=C/CCCCCCCCCCCCCCCCCCCC. The van der Waals surface area contributed by atoms with Gasteiger partial charge in [-0.2, -0.15) is 0 Å². The standard InChI is InChI=1S/C80H149N2O6P/c1-6-8-10-12-14-16-18-20-22-24-26-28-30-32-34-36-37-38-39-40-41-42-43-44-45-46-48-50-52-54-56-58-60-62-64-66-68-70-72-74-80(84)81-78(77-88-89(85,86)87-76-75-82(3,4)5)79(83)73-71-69-67-65-63-61-59-57-55-53-51-49-47-35-33-31-29-27-25-23-21-19-17-15-13-11-9-7-2/h8,10,14,16,20,22,26,28,55,57,63,65,71,73,78-79,83H,6-7,9,11-13,15,17-19,21,23-25,27,29-54,56,58-62,64,66-70,72,74-77H2,1-5H3,(H-,81,84,85,86)/b10-8-,16-14-,22-20-,28-26-,57-55+,65-63+,73-71+. The van der Waals surface area contributed by atoms with Crippen molar-refractivity contribution >= 4 is 13.7 Å². The predicted molar refractivity (Wildman–Crippen MR) is 390 cm³/mol. The Hall–Kier alpha value is -2.32. The Kier molecular flexibility index (Phi) is 68.2. The summed E-state index contributed by atoms with van der Waals surface area (Å²) in [7, 11) is 1.25. The summed E-state index contributed by atoms with van der Waals surface area (Å²) in [6, 6.07) is -0.913. The maximum Gasteiger partial charge on any atom is 0.268 e. The molecule has 3 atom stereocenters. The maximum absolute atomic E-state index is 13.1. The number of rotatable bonds is 71. The third kappa shape index (κ3) is 73.0. The van der Waals surface area contributed by atoms with Crippen molar-refractivity contribution in [3.63, 3.8) is 0 Å². The lowest BCUT2D eigenvalue weighted by Crippen LogP contribution is -2.45. The summed E-state index contributed by atoms with van der Waals surface area (Å²) < 4.78 is 23.5. The number of hydrogen-bond donors (Lipinski definition) is 2. The van der Waals surface area contributed by atoms with Gasteiger partial charge in [0, 0.05) is 6.42 Å². The van der Waals surface area contributed by atoms with Gasteiger partial charge in [-0.25, -0.2) is 0 Å². The summed E-state index contributed by atoms with van der Waals surface area (Å²) in [6.07, 6.45) is 100. The van der Waals surface area contributed by atoms with Gasteiger partial charge in [-0.15, -0.1) is 0 Å². The molecule has 0 aliphatic carbocycles. The molecule has 8 nitrogen and oxygen atoms in total. The first-order valence-corrected chi connectivity index (χ1v) is 39.9. The summed E-state index contributed by atoms with van der Waals surface area (Å²) in [6.45, 7) is 4.55. The fourth-order valence-electron chi connectivity index (χ4n) is 11.4. The molecule has 0 fully saturated rings. The molecule has 1 amide bonds. The van der Waals surface area contributed by atoms with Crippen LogP contribution in [0, 0.1) is 0 Å². The number of carbonyl (C=O) groups is 1. The number of amides is 1. The number of aliphatic hydroxyl groups excluding tert-OH is 1. The van der Waals surface area contributed by atoms with Gasteiger partial charge in [0.05, 0.1) is 39.9 Å². The largest absolute Gasteiger partial charge is 0.756 e. The Morgan fingerprint density at radius 1 is 0.404 bits per heavy atom. The Bertz CT molecular complexity index is 1730. The fraction of sp³-hybridized carbons (Fsp3) is 0.812. The number of carbonyl (C=O) groups excluding carboxylic acids is 1. The highest BCUT2D eigenvalue weighted by Gasteiger charge is 2.23. The van der Waals surface area contributed by atoms with Crippen molar-refractivity contribution in [2.75, 3.05) is 40.9 Å². The van der Waals surface area contributed by atoms with Crippen LogP contribution in [-0.2, 0) is 18.4 Å². The van der Waals surface area contributed by atoms with E-state index in [1.807, 2.05) is 27.2 Å². The van der Waals surface area contributed by atoms with Gasteiger partial charge in [0.1, 0.15) is 13.2 Å². The Labute approximate surface area is 554 Å². The number of nitrogens with zero attached hydrogens (tertiary/aromatic N) is 1. The molecule has 0 heterocycles. The molecular weight excluding hydrogens is 1120 g/mol. The number of unbranched alkanes of at least 4 members (excludes halogenated alkanes) is 46. The van der Waals surface area contributed by atoms with Crippen LogP contribution in [-0.4, -0.2) is 68.5 Å². The van der Waals surface area contributed by atoms with Gasteiger partial charge in [0.2, 0.25) is 5.91 Å². The molecule has 0 rings (SSSR count). The second-order valence-electron chi connectivity index (χ2n) is 27.3. The van der Waals surface area contributed by atoms with E-state index in [0.717, 1.165) is 70.6 Å². The van der Waals surface area contributed by atoms with E-state index in [1.165, 1.54) is 276 Å². The van der Waals surface area contributed by atoms with E-state index < -0.39 is 26.6 Å². The van der Waals surface area contributed by atoms with Gasteiger partial charge in [-0.3, -0.25) is 9.36 Å². The first-order valence-electron chi connectivity index (χ1n) is 38.4. The van der Waals surface area contributed by atoms with Gasteiger partial charge in [-0.1, -0.05) is 362 Å². The smallest absolute Gasteiger partial charge is 0.268 e. The van der Waals surface area contributed by atoms with Crippen LogP contribution in [0.15, 0.2) is 85.1 Å². The van der Waals surface area contributed by atoms with E-state index in [-0.39, 0.29) is 12.5 Å². The minimum atomic E-state index is -4.62. The highest BCUT2D eigenvalue weighted by Crippen LogP contribution is 2.38. The van der Waals surface area contributed by atoms with Crippen LogP contribution in [0.25, 0.3) is 0 Å². The van der Waals surface area contributed by atoms with Crippen molar-refractivity contribution in [1.29, 1.82) is 0 Å². The summed E-state index contributed by atoms with van der Waals surface area (Å²) in [5.41, 5.74) is 0. The summed E-state index contributed by atoms with van der Waals surface area (Å²) in [4.78, 5) is 25.7. The normalized spacial score (nSPS) is 14.0. The van der Waals surface area contributed by atoms with Crippen molar-refractivity contribution in [2.24, 2.45) is 0 Å². The van der Waals surface area contributed by atoms with Crippen LogP contribution < -0.4 is 10.2 Å². The molecule has 89 heavy (non-hydrogen) atoms. The third-order valence-electron chi connectivity index (χ3n) is 17.3. The number of hydrogen-bond acceptors (Lipinski definition) is 6. The Morgan fingerprint density at radius 3 is 1.04 bits per heavy atom. The molecule has 0 aliphatic heterocycles. The minimum absolute atomic E-state index is 0.00927. The highest BCUT2D eigenvalue weighted by molar-refractivity contribution is 7.45. The number of phosphoric ester groups is 1. The van der Waals surface area contributed by atoms with Gasteiger partial charge in [-0.05, 0) is 83.5 Å². The predicted octanol–water partition coefficient (Wildman–Crippen LogP) is 24.4. The van der Waals surface area contributed by atoms with Crippen LogP contribution in [0.3, 0.4) is 0 Å². The first-order chi connectivity index (χ1) is 43.5. The van der Waals surface area contributed by atoms with Crippen LogP contribution in [0.4, 0.5) is 0 Å². The molecule has 0 saturated heterocycles. The van der Waals surface area contributed by atoms with Gasteiger partial charge in [0.15, 0.2) is 0 Å². The van der Waals surface area contributed by atoms with E-state index in [1.54, 1.807) is 6.08 Å². The molecule has 0 saturated carbocycles. The average molecular weight is 1270 g/mol. The lowest BCUT2D eigenvalue weighted by atomic mass is 10.0. The topological polar surface area (TPSA) is 108 Å². The van der Waals surface area contributed by atoms with Gasteiger partial charge < -0.3 is 28.8 Å². The minimum Gasteiger partial charge on any atom is -0.756 e. The summed E-state index contributed by atoms with van der Waals surface area (Å²) in [5.74, 6) is -0.206. The zero-order chi connectivity index (χ0) is 64.8. The van der Waals surface area contributed by atoms with Gasteiger partial charge in [0.25, 0.3) is 7.82 Å². The Morgan fingerprint density at radius 2 is 0.697 bits per heavy atom. The van der Waals surface area contributed by atoms with E-state index in [9.17, 15) is 19.4 Å². The van der Waals surface area contributed by atoms with Crippen LogP contribution in [0.1, 0.15) is 367 Å². The van der Waals surface area contributed by atoms with E-state index >= 15 is 0 Å². The zero-order valence-corrected chi connectivity index (χ0v) is 60.5. The molecule has 3 unspecified atom stereocenters. The molecule has 0 aromatic heterocycles. The highest BCUT2D eigenvalue weighted by atomic mass is 31.2.